The first-order chi connectivity index (χ1) is 11.4. The highest BCUT2D eigenvalue weighted by atomic mass is 16.6. The summed E-state index contributed by atoms with van der Waals surface area (Å²) < 4.78 is 10.2. The number of amides is 2. The first kappa shape index (κ1) is 19.5. The number of hydrogen-bond donors (Lipinski definition) is 2. The van der Waals surface area contributed by atoms with Gasteiger partial charge in [-0.2, -0.15) is 0 Å². The normalized spacial score (nSPS) is 9.96. The minimum atomic E-state index is -0.652. The van der Waals surface area contributed by atoms with E-state index in [-0.39, 0.29) is 19.1 Å². The zero-order chi connectivity index (χ0) is 17.9. The van der Waals surface area contributed by atoms with Gasteiger partial charge < -0.3 is 20.1 Å². The van der Waals surface area contributed by atoms with Crippen LogP contribution in [0.5, 0.6) is 5.75 Å². The first-order valence-electron chi connectivity index (χ1n) is 7.81. The molecule has 0 aliphatic carbocycles. The van der Waals surface area contributed by atoms with E-state index in [4.69, 9.17) is 9.47 Å². The van der Waals surface area contributed by atoms with Crippen LogP contribution < -0.4 is 15.4 Å². The molecular formula is C17H24N2O5. The molecule has 0 atom stereocenters. The molecule has 0 bridgehead atoms. The Morgan fingerprint density at radius 2 is 1.79 bits per heavy atom. The van der Waals surface area contributed by atoms with Crippen LogP contribution in [-0.4, -0.2) is 44.1 Å². The molecule has 0 aromatic heterocycles. The van der Waals surface area contributed by atoms with Crippen LogP contribution in [0, 0.1) is 13.8 Å². The molecule has 0 saturated heterocycles. The van der Waals surface area contributed by atoms with Crippen LogP contribution in [0.4, 0.5) is 0 Å². The van der Waals surface area contributed by atoms with Crippen molar-refractivity contribution >= 4 is 17.8 Å². The molecular weight excluding hydrogens is 312 g/mol. The number of rotatable bonds is 9. The van der Waals surface area contributed by atoms with Gasteiger partial charge in [-0.15, -0.1) is 0 Å². The average Bonchev–Trinajstić information content (AvgIpc) is 2.55. The van der Waals surface area contributed by atoms with E-state index < -0.39 is 18.5 Å². The Hall–Kier alpha value is -2.57. The largest absolute Gasteiger partial charge is 0.482 e. The van der Waals surface area contributed by atoms with E-state index in [1.807, 2.05) is 32.9 Å². The van der Waals surface area contributed by atoms with Gasteiger partial charge >= 0.3 is 5.97 Å². The van der Waals surface area contributed by atoms with Crippen molar-refractivity contribution in [3.63, 3.8) is 0 Å². The molecule has 0 aliphatic heterocycles. The SMILES string of the molecule is CCCNC(=O)CNC(=O)COC(=O)COc1ccc(C)cc1C. The van der Waals surface area contributed by atoms with Crippen LogP contribution in [0.2, 0.25) is 0 Å². The number of hydrogen-bond acceptors (Lipinski definition) is 5. The summed E-state index contributed by atoms with van der Waals surface area (Å²) in [4.78, 5) is 34.4. The van der Waals surface area contributed by atoms with Crippen molar-refractivity contribution < 1.29 is 23.9 Å². The van der Waals surface area contributed by atoms with E-state index in [0.29, 0.717) is 12.3 Å². The van der Waals surface area contributed by atoms with Crippen molar-refractivity contribution in [2.75, 3.05) is 26.3 Å². The Kier molecular flexibility index (Phi) is 8.32. The maximum absolute atomic E-state index is 11.6. The second-order valence-corrected chi connectivity index (χ2v) is 5.34. The molecule has 24 heavy (non-hydrogen) atoms. The number of nitrogens with one attached hydrogen (secondary N) is 2. The van der Waals surface area contributed by atoms with Crippen LogP contribution in [0.3, 0.4) is 0 Å². The molecule has 1 rings (SSSR count). The number of carbonyl (C=O) groups excluding carboxylic acids is 3. The van der Waals surface area contributed by atoms with Crippen molar-refractivity contribution in [1.29, 1.82) is 0 Å². The van der Waals surface area contributed by atoms with Gasteiger partial charge in [-0.3, -0.25) is 9.59 Å². The number of aryl methyl sites for hydroxylation is 2. The zero-order valence-corrected chi connectivity index (χ0v) is 14.3. The van der Waals surface area contributed by atoms with E-state index in [0.717, 1.165) is 17.5 Å². The lowest BCUT2D eigenvalue weighted by molar-refractivity contribution is -0.150. The number of carbonyl (C=O) groups is 3. The fourth-order valence-corrected chi connectivity index (χ4v) is 1.84. The lowest BCUT2D eigenvalue weighted by atomic mass is 10.1. The zero-order valence-electron chi connectivity index (χ0n) is 14.3. The van der Waals surface area contributed by atoms with Crippen molar-refractivity contribution in [2.45, 2.75) is 27.2 Å². The molecule has 1 aromatic carbocycles. The highest BCUT2D eigenvalue weighted by Gasteiger charge is 2.10. The van der Waals surface area contributed by atoms with E-state index in [1.165, 1.54) is 0 Å². The molecule has 0 aliphatic rings. The van der Waals surface area contributed by atoms with E-state index >= 15 is 0 Å². The second kappa shape index (κ2) is 10.3. The molecule has 0 radical (unpaired) electrons. The van der Waals surface area contributed by atoms with Gasteiger partial charge in [-0.05, 0) is 31.9 Å². The topological polar surface area (TPSA) is 93.7 Å². The first-order valence-corrected chi connectivity index (χ1v) is 7.81. The quantitative estimate of drug-likeness (QED) is 0.653. The standard InChI is InChI=1S/C17H24N2O5/c1-4-7-18-15(20)9-19-16(21)10-24-17(22)11-23-14-6-5-12(2)8-13(14)3/h5-6,8H,4,7,9-11H2,1-3H3,(H,18,20)(H,19,21). The van der Waals surface area contributed by atoms with Gasteiger partial charge in [-0.1, -0.05) is 24.6 Å². The molecule has 0 fully saturated rings. The van der Waals surface area contributed by atoms with Gasteiger partial charge in [0.2, 0.25) is 5.91 Å². The third-order valence-electron chi connectivity index (χ3n) is 3.06. The summed E-state index contributed by atoms with van der Waals surface area (Å²) in [6.07, 6.45) is 0.817. The second-order valence-electron chi connectivity index (χ2n) is 5.34. The summed E-state index contributed by atoms with van der Waals surface area (Å²) in [5.41, 5.74) is 2.01. The van der Waals surface area contributed by atoms with Gasteiger partial charge in [0.25, 0.3) is 5.91 Å². The lowest BCUT2D eigenvalue weighted by Gasteiger charge is -2.10. The smallest absolute Gasteiger partial charge is 0.344 e. The van der Waals surface area contributed by atoms with Crippen molar-refractivity contribution in [1.82, 2.24) is 10.6 Å². The fraction of sp³-hybridized carbons (Fsp3) is 0.471. The van der Waals surface area contributed by atoms with Crippen molar-refractivity contribution in [3.8, 4) is 5.75 Å². The van der Waals surface area contributed by atoms with Crippen LogP contribution in [-0.2, 0) is 19.1 Å². The molecule has 0 saturated carbocycles. The van der Waals surface area contributed by atoms with Gasteiger partial charge in [0.05, 0.1) is 6.54 Å². The molecule has 7 nitrogen and oxygen atoms in total. The van der Waals surface area contributed by atoms with E-state index in [9.17, 15) is 14.4 Å². The summed E-state index contributed by atoms with van der Waals surface area (Å²) >= 11 is 0. The molecule has 2 amide bonds. The fourth-order valence-electron chi connectivity index (χ4n) is 1.84. The Morgan fingerprint density at radius 1 is 1.04 bits per heavy atom. The molecule has 0 unspecified atom stereocenters. The van der Waals surface area contributed by atoms with Crippen molar-refractivity contribution in [2.24, 2.45) is 0 Å². The molecule has 7 heteroatoms. The lowest BCUT2D eigenvalue weighted by Crippen LogP contribution is -2.39. The summed E-state index contributed by atoms with van der Waals surface area (Å²) in [6, 6.07) is 5.60. The van der Waals surface area contributed by atoms with E-state index in [2.05, 4.69) is 10.6 Å². The maximum Gasteiger partial charge on any atom is 0.344 e. The third kappa shape index (κ3) is 7.62. The van der Waals surface area contributed by atoms with Crippen LogP contribution in [0.25, 0.3) is 0 Å². The summed E-state index contributed by atoms with van der Waals surface area (Å²) in [7, 11) is 0. The summed E-state index contributed by atoms with van der Waals surface area (Å²) in [6.45, 7) is 5.45. The number of esters is 1. The Balaban J connectivity index is 2.23. The molecule has 2 N–H and O–H groups in total. The molecule has 0 spiro atoms. The summed E-state index contributed by atoms with van der Waals surface area (Å²) in [5, 5.41) is 4.99. The highest BCUT2D eigenvalue weighted by molar-refractivity contribution is 5.86. The predicted molar refractivity (Wildman–Crippen MR) is 88.7 cm³/mol. The average molecular weight is 336 g/mol. The van der Waals surface area contributed by atoms with Gasteiger partial charge in [0, 0.05) is 6.54 Å². The number of ether oxygens (including phenoxy) is 2. The Bertz CT molecular complexity index is 586. The Morgan fingerprint density at radius 3 is 2.46 bits per heavy atom. The van der Waals surface area contributed by atoms with Gasteiger partial charge in [0.1, 0.15) is 5.75 Å². The third-order valence-corrected chi connectivity index (χ3v) is 3.06. The monoisotopic (exact) mass is 336 g/mol. The number of benzene rings is 1. The minimum absolute atomic E-state index is 0.143. The molecule has 1 aromatic rings. The summed E-state index contributed by atoms with van der Waals surface area (Å²) in [5.74, 6) is -0.883. The van der Waals surface area contributed by atoms with Gasteiger partial charge in [-0.25, -0.2) is 4.79 Å². The van der Waals surface area contributed by atoms with Crippen LogP contribution >= 0.6 is 0 Å². The molecule has 0 heterocycles. The minimum Gasteiger partial charge on any atom is -0.482 e. The molecule has 132 valence electrons. The maximum atomic E-state index is 11.6. The van der Waals surface area contributed by atoms with Crippen LogP contribution in [0.1, 0.15) is 24.5 Å². The van der Waals surface area contributed by atoms with E-state index in [1.54, 1.807) is 6.07 Å². The van der Waals surface area contributed by atoms with Gasteiger partial charge in [0.15, 0.2) is 13.2 Å². The van der Waals surface area contributed by atoms with Crippen LogP contribution in [0.15, 0.2) is 18.2 Å². The van der Waals surface area contributed by atoms with Crippen molar-refractivity contribution in [3.05, 3.63) is 29.3 Å². The Labute approximate surface area is 141 Å². The predicted octanol–water partition coefficient (Wildman–Crippen LogP) is 0.868. The highest BCUT2D eigenvalue weighted by Crippen LogP contribution is 2.18.